The number of aliphatic imine (C=N–C) groups is 1. The molecule has 0 unspecified atom stereocenters. The molecule has 0 aromatic rings. The number of hydrogen-bond donors (Lipinski definition) is 6. The summed E-state index contributed by atoms with van der Waals surface area (Å²) in [6.45, 7) is 0.739. The molecule has 2 atom stereocenters. The van der Waals surface area contributed by atoms with Gasteiger partial charge in [-0.05, 0) is 32.2 Å². The van der Waals surface area contributed by atoms with E-state index in [1.165, 1.54) is 0 Å². The minimum atomic E-state index is -1.10. The molecule has 0 saturated carbocycles. The third-order valence-corrected chi connectivity index (χ3v) is 2.62. The number of guanidine groups is 1. The van der Waals surface area contributed by atoms with Gasteiger partial charge in [-0.25, -0.2) is 4.79 Å². The highest BCUT2D eigenvalue weighted by Crippen LogP contribution is 2.00. The highest BCUT2D eigenvalue weighted by atomic mass is 16.4. The lowest BCUT2D eigenvalue weighted by Gasteiger charge is -2.17. The lowest BCUT2D eigenvalue weighted by Crippen LogP contribution is -2.48. The largest absolute Gasteiger partial charge is 0.480 e. The summed E-state index contributed by atoms with van der Waals surface area (Å²) in [7, 11) is 0. The summed E-state index contributed by atoms with van der Waals surface area (Å²) in [6.07, 6.45) is 1.69. The Morgan fingerprint density at radius 3 is 2.35 bits per heavy atom. The number of carboxylic acids is 1. The van der Waals surface area contributed by atoms with E-state index in [4.69, 9.17) is 28.0 Å². The number of carbonyl (C=O) groups is 2. The van der Waals surface area contributed by atoms with Crippen molar-refractivity contribution < 1.29 is 14.7 Å². The molecule has 0 aliphatic heterocycles. The van der Waals surface area contributed by atoms with Gasteiger partial charge in [-0.15, -0.1) is 0 Å². The predicted molar refractivity (Wildman–Crippen MR) is 75.7 cm³/mol. The number of hydrogen-bond acceptors (Lipinski definition) is 5. The van der Waals surface area contributed by atoms with Crippen molar-refractivity contribution in [2.75, 3.05) is 13.1 Å². The van der Waals surface area contributed by atoms with Crippen molar-refractivity contribution in [1.29, 1.82) is 0 Å². The smallest absolute Gasteiger partial charge is 0.326 e. The molecule has 9 heteroatoms. The first-order valence-corrected chi connectivity index (χ1v) is 6.42. The molecule has 0 spiro atoms. The number of amides is 1. The van der Waals surface area contributed by atoms with Crippen LogP contribution in [0.1, 0.15) is 25.7 Å². The summed E-state index contributed by atoms with van der Waals surface area (Å²) in [5.41, 5.74) is 21.3. The second-order valence-corrected chi connectivity index (χ2v) is 4.39. The van der Waals surface area contributed by atoms with Gasteiger partial charge in [0, 0.05) is 6.54 Å². The fraction of sp³-hybridized carbons (Fsp3) is 0.727. The van der Waals surface area contributed by atoms with Crippen molar-refractivity contribution in [2.45, 2.75) is 37.8 Å². The average Bonchev–Trinajstić information content (AvgIpc) is 2.38. The van der Waals surface area contributed by atoms with E-state index in [0.29, 0.717) is 32.4 Å². The first kappa shape index (κ1) is 18.1. The molecule has 20 heavy (non-hydrogen) atoms. The molecule has 0 aromatic carbocycles. The molecular weight excluding hydrogens is 264 g/mol. The second-order valence-electron chi connectivity index (χ2n) is 4.39. The summed E-state index contributed by atoms with van der Waals surface area (Å²) in [6, 6.07) is -1.75. The number of carbonyl (C=O) groups excluding carboxylic acids is 1. The molecule has 0 aliphatic rings. The number of nitrogens with two attached hydrogens (primary N) is 4. The third kappa shape index (κ3) is 8.27. The summed E-state index contributed by atoms with van der Waals surface area (Å²) in [4.78, 5) is 26.5. The maximum absolute atomic E-state index is 11.7. The van der Waals surface area contributed by atoms with E-state index in [1.807, 2.05) is 0 Å². The Morgan fingerprint density at radius 2 is 1.85 bits per heavy atom. The van der Waals surface area contributed by atoms with Crippen molar-refractivity contribution in [3.63, 3.8) is 0 Å². The SMILES string of the molecule is NCCC[C@H](NC(=O)[C@@H](N)CCCN=C(N)N)C(=O)O. The van der Waals surface area contributed by atoms with Gasteiger partial charge in [0.2, 0.25) is 5.91 Å². The molecule has 0 bridgehead atoms. The van der Waals surface area contributed by atoms with Gasteiger partial charge in [0.15, 0.2) is 5.96 Å². The Hall–Kier alpha value is -1.87. The molecule has 9 nitrogen and oxygen atoms in total. The Kier molecular flexibility index (Phi) is 9.05. The van der Waals surface area contributed by atoms with E-state index in [9.17, 15) is 9.59 Å². The van der Waals surface area contributed by atoms with Crippen molar-refractivity contribution in [3.05, 3.63) is 0 Å². The first-order chi connectivity index (χ1) is 9.38. The van der Waals surface area contributed by atoms with Crippen LogP contribution in [-0.2, 0) is 9.59 Å². The zero-order chi connectivity index (χ0) is 15.5. The Bertz CT molecular complexity index is 343. The average molecular weight is 288 g/mol. The molecule has 0 aliphatic carbocycles. The van der Waals surface area contributed by atoms with Crippen LogP contribution in [0.5, 0.6) is 0 Å². The highest BCUT2D eigenvalue weighted by molar-refractivity contribution is 5.86. The molecule has 1 amide bonds. The normalized spacial score (nSPS) is 13.3. The van der Waals surface area contributed by atoms with Crippen LogP contribution in [0.15, 0.2) is 4.99 Å². The summed E-state index contributed by atoms with van der Waals surface area (Å²) in [5.74, 6) is -1.62. The van der Waals surface area contributed by atoms with E-state index in [0.717, 1.165) is 0 Å². The quantitative estimate of drug-likeness (QED) is 0.148. The summed E-state index contributed by atoms with van der Waals surface area (Å²) in [5, 5.41) is 11.4. The summed E-state index contributed by atoms with van der Waals surface area (Å²) >= 11 is 0. The molecule has 0 aromatic heterocycles. The fourth-order valence-corrected chi connectivity index (χ4v) is 1.51. The molecule has 116 valence electrons. The topological polar surface area (TPSA) is 183 Å². The van der Waals surface area contributed by atoms with Crippen LogP contribution < -0.4 is 28.3 Å². The minimum absolute atomic E-state index is 0.0178. The Labute approximate surface area is 117 Å². The standard InChI is InChI=1S/C11H24N6O3/c12-5-1-4-8(10(19)20)17-9(18)7(13)3-2-6-16-11(14)15/h7-8H,1-6,12-13H2,(H,17,18)(H,19,20)(H4,14,15,16)/t7-,8-/m0/s1. The number of nitrogens with zero attached hydrogens (tertiary/aromatic N) is 1. The van der Waals surface area contributed by atoms with Gasteiger partial charge in [-0.1, -0.05) is 0 Å². The monoisotopic (exact) mass is 288 g/mol. The van der Waals surface area contributed by atoms with Crippen LogP contribution >= 0.6 is 0 Å². The van der Waals surface area contributed by atoms with E-state index in [-0.39, 0.29) is 12.4 Å². The van der Waals surface area contributed by atoms with Gasteiger partial charge in [-0.3, -0.25) is 9.79 Å². The van der Waals surface area contributed by atoms with Gasteiger partial charge in [0.25, 0.3) is 0 Å². The van der Waals surface area contributed by atoms with Gasteiger partial charge >= 0.3 is 5.97 Å². The molecule has 0 heterocycles. The summed E-state index contributed by atoms with van der Waals surface area (Å²) < 4.78 is 0. The first-order valence-electron chi connectivity index (χ1n) is 6.42. The predicted octanol–water partition coefficient (Wildman–Crippen LogP) is -2.32. The van der Waals surface area contributed by atoms with Crippen LogP contribution in [0.25, 0.3) is 0 Å². The molecular formula is C11H24N6O3. The lowest BCUT2D eigenvalue weighted by atomic mass is 10.1. The van der Waals surface area contributed by atoms with Crippen molar-refractivity contribution >= 4 is 17.8 Å². The van der Waals surface area contributed by atoms with E-state index in [2.05, 4.69) is 10.3 Å². The van der Waals surface area contributed by atoms with Crippen molar-refractivity contribution in [2.24, 2.45) is 27.9 Å². The molecule has 0 radical (unpaired) electrons. The van der Waals surface area contributed by atoms with Gasteiger partial charge in [0.05, 0.1) is 6.04 Å². The van der Waals surface area contributed by atoms with Crippen molar-refractivity contribution in [3.8, 4) is 0 Å². The molecule has 0 saturated heterocycles. The van der Waals surface area contributed by atoms with Gasteiger partial charge in [0.1, 0.15) is 6.04 Å². The zero-order valence-corrected chi connectivity index (χ0v) is 11.4. The van der Waals surface area contributed by atoms with E-state index < -0.39 is 24.0 Å². The van der Waals surface area contributed by atoms with Gasteiger partial charge in [-0.2, -0.15) is 0 Å². The minimum Gasteiger partial charge on any atom is -0.480 e. The lowest BCUT2D eigenvalue weighted by molar-refractivity contribution is -0.142. The maximum Gasteiger partial charge on any atom is 0.326 e. The van der Waals surface area contributed by atoms with E-state index in [1.54, 1.807) is 0 Å². The second kappa shape index (κ2) is 9.98. The van der Waals surface area contributed by atoms with E-state index >= 15 is 0 Å². The van der Waals surface area contributed by atoms with Crippen LogP contribution in [0.3, 0.4) is 0 Å². The molecule has 10 N–H and O–H groups in total. The highest BCUT2D eigenvalue weighted by Gasteiger charge is 2.22. The third-order valence-electron chi connectivity index (χ3n) is 2.62. The molecule has 0 rings (SSSR count). The number of carboxylic acid groups (broad SMARTS) is 1. The number of nitrogens with one attached hydrogen (secondary N) is 1. The van der Waals surface area contributed by atoms with Gasteiger partial charge < -0.3 is 33.4 Å². The van der Waals surface area contributed by atoms with Crippen LogP contribution in [-0.4, -0.2) is 48.1 Å². The molecule has 0 fully saturated rings. The van der Waals surface area contributed by atoms with Crippen molar-refractivity contribution in [1.82, 2.24) is 5.32 Å². The zero-order valence-electron chi connectivity index (χ0n) is 11.4. The Morgan fingerprint density at radius 1 is 1.20 bits per heavy atom. The van der Waals surface area contributed by atoms with Crippen LogP contribution in [0, 0.1) is 0 Å². The maximum atomic E-state index is 11.7. The fourth-order valence-electron chi connectivity index (χ4n) is 1.51. The van der Waals surface area contributed by atoms with Crippen LogP contribution in [0.2, 0.25) is 0 Å². The number of rotatable bonds is 10. The number of aliphatic carboxylic acids is 1. The Balaban J connectivity index is 4.14. The van der Waals surface area contributed by atoms with Crippen LogP contribution in [0.4, 0.5) is 0 Å².